The summed E-state index contributed by atoms with van der Waals surface area (Å²) in [6, 6.07) is 11.0. The number of likely N-dealkylation sites (N-methyl/N-ethyl adjacent to an activating group) is 2. The topological polar surface area (TPSA) is 137 Å². The molecule has 0 aliphatic carbocycles. The van der Waals surface area contributed by atoms with E-state index in [-0.39, 0.29) is 31.0 Å². The lowest BCUT2D eigenvalue weighted by atomic mass is 9.90. The van der Waals surface area contributed by atoms with Gasteiger partial charge in [0.05, 0.1) is 37.4 Å². The van der Waals surface area contributed by atoms with E-state index in [1.807, 2.05) is 56.4 Å². The van der Waals surface area contributed by atoms with Gasteiger partial charge >= 0.3 is 0 Å². The van der Waals surface area contributed by atoms with E-state index >= 15 is 0 Å². The predicted octanol–water partition coefficient (Wildman–Crippen LogP) is 2.71. The van der Waals surface area contributed by atoms with E-state index in [1.54, 1.807) is 13.2 Å². The normalized spacial score (nSPS) is 13.8. The Morgan fingerprint density at radius 3 is 2.41 bits per heavy atom. The van der Waals surface area contributed by atoms with Crippen molar-refractivity contribution < 1.29 is 19.4 Å². The Morgan fingerprint density at radius 2 is 1.79 bits per heavy atom. The van der Waals surface area contributed by atoms with Gasteiger partial charge < -0.3 is 40.3 Å². The highest BCUT2D eigenvalue weighted by molar-refractivity contribution is 6.02. The van der Waals surface area contributed by atoms with Gasteiger partial charge in [-0.05, 0) is 32.3 Å². The largest absolute Gasteiger partial charge is 0.494 e. The van der Waals surface area contributed by atoms with Crippen LogP contribution in [0.1, 0.15) is 5.56 Å². The summed E-state index contributed by atoms with van der Waals surface area (Å²) in [6.45, 7) is 5.55. The fourth-order valence-electron chi connectivity index (χ4n) is 4.01. The third-order valence-electron chi connectivity index (χ3n) is 6.23. The number of amides is 1. The number of aliphatic hydroxyl groups is 1. The minimum absolute atomic E-state index is 0.223. The zero-order valence-corrected chi connectivity index (χ0v) is 22.6. The van der Waals surface area contributed by atoms with E-state index in [1.165, 1.54) is 12.4 Å². The molecule has 0 bridgehead atoms. The highest BCUT2D eigenvalue weighted by Crippen LogP contribution is 2.38. The van der Waals surface area contributed by atoms with Crippen molar-refractivity contribution in [3.8, 4) is 5.75 Å². The number of rotatable bonds is 12. The zero-order chi connectivity index (χ0) is 28.0. The number of benzene rings is 2. The molecule has 0 radical (unpaired) electrons. The van der Waals surface area contributed by atoms with Crippen molar-refractivity contribution in [2.24, 2.45) is 0 Å². The smallest absolute Gasteiger partial charge is 0.247 e. The molecule has 3 aromatic rings. The minimum Gasteiger partial charge on any atom is -0.494 e. The quantitative estimate of drug-likeness (QED) is 0.255. The number of anilines is 6. The molecule has 4 N–H and O–H groups in total. The average Bonchev–Trinajstić information content (AvgIpc) is 2.91. The van der Waals surface area contributed by atoms with Crippen LogP contribution in [0, 0.1) is 0 Å². The van der Waals surface area contributed by atoms with Crippen LogP contribution in [0.4, 0.5) is 34.6 Å². The Kier molecular flexibility index (Phi) is 8.59. The maximum atomic E-state index is 12.2. The van der Waals surface area contributed by atoms with Crippen LogP contribution in [0.2, 0.25) is 0 Å². The Labute approximate surface area is 227 Å². The predicted molar refractivity (Wildman–Crippen MR) is 151 cm³/mol. The number of carbonyl (C=O) groups excluding carboxylic acids is 1. The molecule has 1 saturated heterocycles. The molecule has 2 heterocycles. The van der Waals surface area contributed by atoms with Crippen molar-refractivity contribution in [3.63, 3.8) is 0 Å². The lowest BCUT2D eigenvalue weighted by Crippen LogP contribution is -2.46. The van der Waals surface area contributed by atoms with Crippen LogP contribution < -0.4 is 25.6 Å². The highest BCUT2D eigenvalue weighted by Gasteiger charge is 2.39. The summed E-state index contributed by atoms with van der Waals surface area (Å²) in [6.07, 6.45) is 2.59. The van der Waals surface area contributed by atoms with E-state index in [2.05, 4.69) is 42.4 Å². The first kappa shape index (κ1) is 27.8. The number of nitrogens with one attached hydrogen (secondary N) is 3. The summed E-state index contributed by atoms with van der Waals surface area (Å²) >= 11 is 0. The van der Waals surface area contributed by atoms with Gasteiger partial charge in [0, 0.05) is 37.5 Å². The molecule has 12 heteroatoms. The fourth-order valence-corrected chi connectivity index (χ4v) is 4.01. The van der Waals surface area contributed by atoms with Gasteiger partial charge in [-0.1, -0.05) is 24.8 Å². The monoisotopic (exact) mass is 534 g/mol. The number of aromatic nitrogens is 3. The van der Waals surface area contributed by atoms with Crippen LogP contribution in [-0.2, 0) is 15.1 Å². The molecule has 1 aromatic heterocycles. The Bertz CT molecular complexity index is 1330. The molecular formula is C27H34N8O4. The highest BCUT2D eigenvalue weighted by atomic mass is 16.5. The standard InChI is InChI=1S/C27H34N8O4/c1-6-24(36)30-20-13-21(23(38-5)14-22(20)35(4)12-11-34(2)3)32-26-29-17-28-25(33-26)31-19-10-8-7-9-18(19)27(37)15-39-16-27/h6-10,13-14,17,37H,1,11-12,15-16H2,2-5H3,(H,30,36)(H2,28,29,31,32,33). The molecule has 12 nitrogen and oxygen atoms in total. The average molecular weight is 535 g/mol. The van der Waals surface area contributed by atoms with Gasteiger partial charge in [0.15, 0.2) is 0 Å². The molecule has 39 heavy (non-hydrogen) atoms. The number of ether oxygens (including phenoxy) is 2. The summed E-state index contributed by atoms with van der Waals surface area (Å²) in [5, 5.41) is 20.0. The number of nitrogens with zero attached hydrogens (tertiary/aromatic N) is 5. The summed E-state index contributed by atoms with van der Waals surface area (Å²) in [5.41, 5.74) is 2.20. The molecular weight excluding hydrogens is 500 g/mol. The Balaban J connectivity index is 1.61. The maximum absolute atomic E-state index is 12.2. The maximum Gasteiger partial charge on any atom is 0.247 e. The first-order valence-electron chi connectivity index (χ1n) is 12.4. The summed E-state index contributed by atoms with van der Waals surface area (Å²) < 4.78 is 10.9. The van der Waals surface area contributed by atoms with Gasteiger partial charge in [-0.15, -0.1) is 0 Å². The van der Waals surface area contributed by atoms with Crippen LogP contribution in [0.15, 0.2) is 55.4 Å². The molecule has 4 rings (SSSR count). The van der Waals surface area contributed by atoms with E-state index in [0.717, 1.165) is 18.8 Å². The molecule has 1 fully saturated rings. The van der Waals surface area contributed by atoms with Crippen molar-refractivity contribution >= 4 is 40.6 Å². The van der Waals surface area contributed by atoms with Crippen molar-refractivity contribution in [2.45, 2.75) is 5.60 Å². The van der Waals surface area contributed by atoms with E-state index in [0.29, 0.717) is 28.4 Å². The van der Waals surface area contributed by atoms with E-state index in [4.69, 9.17) is 9.47 Å². The summed E-state index contributed by atoms with van der Waals surface area (Å²) in [7, 11) is 7.52. The van der Waals surface area contributed by atoms with Gasteiger partial charge in [-0.3, -0.25) is 4.79 Å². The minimum atomic E-state index is -1.06. The number of hydrogen-bond donors (Lipinski definition) is 4. The zero-order valence-electron chi connectivity index (χ0n) is 22.6. The number of carbonyl (C=O) groups is 1. The van der Waals surface area contributed by atoms with Crippen molar-refractivity contribution in [1.29, 1.82) is 0 Å². The van der Waals surface area contributed by atoms with Crippen molar-refractivity contribution in [2.75, 3.05) is 75.4 Å². The second kappa shape index (κ2) is 12.1. The van der Waals surface area contributed by atoms with E-state index < -0.39 is 5.60 Å². The van der Waals surface area contributed by atoms with Crippen LogP contribution in [0.5, 0.6) is 5.75 Å². The lowest BCUT2D eigenvalue weighted by molar-refractivity contribution is -0.184. The number of methoxy groups -OCH3 is 1. The number of hydrogen-bond acceptors (Lipinski definition) is 11. The van der Waals surface area contributed by atoms with E-state index in [9.17, 15) is 9.90 Å². The molecule has 1 aliphatic heterocycles. The van der Waals surface area contributed by atoms with Crippen molar-refractivity contribution in [3.05, 3.63) is 60.9 Å². The first-order chi connectivity index (χ1) is 18.7. The Morgan fingerprint density at radius 1 is 1.10 bits per heavy atom. The molecule has 1 amide bonds. The third kappa shape index (κ3) is 6.60. The first-order valence-corrected chi connectivity index (χ1v) is 12.4. The summed E-state index contributed by atoms with van der Waals surface area (Å²) in [5.74, 6) is 0.731. The fraction of sp³-hybridized carbons (Fsp3) is 0.333. The molecule has 0 spiro atoms. The molecule has 2 aromatic carbocycles. The lowest BCUT2D eigenvalue weighted by Gasteiger charge is -2.37. The second-order valence-electron chi connectivity index (χ2n) is 9.44. The van der Waals surface area contributed by atoms with Gasteiger partial charge in [-0.2, -0.15) is 4.98 Å². The molecule has 0 atom stereocenters. The third-order valence-corrected chi connectivity index (χ3v) is 6.23. The Hall–Kier alpha value is -4.26. The second-order valence-corrected chi connectivity index (χ2v) is 9.44. The van der Waals surface area contributed by atoms with Crippen LogP contribution in [0.3, 0.4) is 0 Å². The van der Waals surface area contributed by atoms with Gasteiger partial charge in [0.25, 0.3) is 0 Å². The number of para-hydroxylation sites is 1. The SMILES string of the molecule is C=CC(=O)Nc1cc(Nc2ncnc(Nc3ccccc3C3(O)COC3)n2)c(OC)cc1N(C)CCN(C)C. The van der Waals surface area contributed by atoms with Gasteiger partial charge in [-0.25, -0.2) is 9.97 Å². The summed E-state index contributed by atoms with van der Waals surface area (Å²) in [4.78, 5) is 29.3. The van der Waals surface area contributed by atoms with Crippen LogP contribution >= 0.6 is 0 Å². The molecule has 206 valence electrons. The molecule has 1 aliphatic rings. The van der Waals surface area contributed by atoms with Crippen LogP contribution in [-0.4, -0.2) is 85.4 Å². The molecule has 0 unspecified atom stereocenters. The van der Waals surface area contributed by atoms with Crippen LogP contribution in [0.25, 0.3) is 0 Å². The van der Waals surface area contributed by atoms with Gasteiger partial charge in [0.1, 0.15) is 17.7 Å². The molecule has 0 saturated carbocycles. The van der Waals surface area contributed by atoms with Crippen molar-refractivity contribution in [1.82, 2.24) is 19.9 Å². The van der Waals surface area contributed by atoms with Gasteiger partial charge in [0.2, 0.25) is 17.8 Å².